The van der Waals surface area contributed by atoms with Crippen LogP contribution in [-0.4, -0.2) is 27.9 Å². The van der Waals surface area contributed by atoms with E-state index in [1.807, 2.05) is 0 Å². The third kappa shape index (κ3) is 3.04. The Labute approximate surface area is 107 Å². The summed E-state index contributed by atoms with van der Waals surface area (Å²) in [6, 6.07) is 1.49. The number of nitrogens with two attached hydrogens (primary N) is 1. The van der Waals surface area contributed by atoms with E-state index in [1.54, 1.807) is 0 Å². The molecular formula is C13H20FNO3. The molecule has 0 fully saturated rings. The normalized spacial score (nSPS) is 10.3. The van der Waals surface area contributed by atoms with Crippen LogP contribution in [0.5, 0.6) is 17.2 Å². The lowest BCUT2D eigenvalue weighted by molar-refractivity contribution is 0.334. The third-order valence-electron chi connectivity index (χ3n) is 2.77. The Morgan fingerprint density at radius 2 is 1.72 bits per heavy atom. The minimum absolute atomic E-state index is 0.162. The predicted octanol–water partition coefficient (Wildman–Crippen LogP) is 2.13. The highest BCUT2D eigenvalue weighted by molar-refractivity contribution is 5.53. The quantitative estimate of drug-likeness (QED) is 0.760. The molecule has 0 aliphatic rings. The van der Waals surface area contributed by atoms with Crippen LogP contribution < -0.4 is 19.9 Å². The topological polar surface area (TPSA) is 53.7 Å². The van der Waals surface area contributed by atoms with Gasteiger partial charge in [-0.2, -0.15) is 0 Å². The van der Waals surface area contributed by atoms with Crippen molar-refractivity contribution in [3.8, 4) is 17.2 Å². The van der Waals surface area contributed by atoms with Crippen LogP contribution >= 0.6 is 0 Å². The van der Waals surface area contributed by atoms with Gasteiger partial charge in [0.2, 0.25) is 0 Å². The van der Waals surface area contributed by atoms with E-state index in [0.29, 0.717) is 30.0 Å². The molecule has 0 aliphatic heterocycles. The highest BCUT2D eigenvalue weighted by atomic mass is 19.1. The maximum atomic E-state index is 14.2. The number of ether oxygens (including phenoxy) is 3. The fourth-order valence-electron chi connectivity index (χ4n) is 1.84. The molecule has 0 amide bonds. The molecule has 1 aromatic rings. The Kier molecular flexibility index (Phi) is 5.71. The molecule has 0 saturated heterocycles. The highest BCUT2D eigenvalue weighted by Gasteiger charge is 2.19. The van der Waals surface area contributed by atoms with E-state index in [9.17, 15) is 4.39 Å². The zero-order valence-corrected chi connectivity index (χ0v) is 11.1. The Morgan fingerprint density at radius 3 is 2.22 bits per heavy atom. The molecule has 0 aromatic heterocycles. The number of halogens is 1. The fourth-order valence-corrected chi connectivity index (χ4v) is 1.84. The molecule has 0 aliphatic carbocycles. The molecule has 5 heteroatoms. The largest absolute Gasteiger partial charge is 0.494 e. The Balaban J connectivity index is 3.16. The summed E-state index contributed by atoms with van der Waals surface area (Å²) in [6.45, 7) is 0.588. The van der Waals surface area contributed by atoms with E-state index in [4.69, 9.17) is 19.9 Å². The maximum absolute atomic E-state index is 14.2. The number of benzene rings is 1. The summed E-state index contributed by atoms with van der Waals surface area (Å²) in [4.78, 5) is 0. The Morgan fingerprint density at radius 1 is 1.06 bits per heavy atom. The fraction of sp³-hybridized carbons (Fsp3) is 0.538. The second-order valence-electron chi connectivity index (χ2n) is 3.85. The SMILES string of the molecule is COc1cc(OC)c(OC)c(CCCCN)c1F. The molecule has 18 heavy (non-hydrogen) atoms. The zero-order chi connectivity index (χ0) is 13.5. The van der Waals surface area contributed by atoms with Crippen molar-refractivity contribution in [2.45, 2.75) is 19.3 Å². The van der Waals surface area contributed by atoms with E-state index < -0.39 is 5.82 Å². The van der Waals surface area contributed by atoms with Gasteiger partial charge in [-0.1, -0.05) is 0 Å². The van der Waals surface area contributed by atoms with Crippen molar-refractivity contribution < 1.29 is 18.6 Å². The molecule has 2 N–H and O–H groups in total. The molecule has 0 saturated carbocycles. The zero-order valence-electron chi connectivity index (χ0n) is 11.1. The number of methoxy groups -OCH3 is 3. The van der Waals surface area contributed by atoms with Gasteiger partial charge in [-0.3, -0.25) is 0 Å². The van der Waals surface area contributed by atoms with E-state index in [2.05, 4.69) is 0 Å². The number of hydrogen-bond donors (Lipinski definition) is 1. The van der Waals surface area contributed by atoms with Gasteiger partial charge in [0.1, 0.15) is 0 Å². The van der Waals surface area contributed by atoms with Crippen LogP contribution in [0, 0.1) is 5.82 Å². The number of hydrogen-bond acceptors (Lipinski definition) is 4. The lowest BCUT2D eigenvalue weighted by atomic mass is 10.0. The highest BCUT2D eigenvalue weighted by Crippen LogP contribution is 2.39. The minimum Gasteiger partial charge on any atom is -0.494 e. The van der Waals surface area contributed by atoms with Crippen LogP contribution in [0.25, 0.3) is 0 Å². The average molecular weight is 257 g/mol. The summed E-state index contributed by atoms with van der Waals surface area (Å²) < 4.78 is 29.6. The van der Waals surface area contributed by atoms with E-state index in [0.717, 1.165) is 12.8 Å². The van der Waals surface area contributed by atoms with Crippen LogP contribution in [0.15, 0.2) is 6.07 Å². The summed E-state index contributed by atoms with van der Waals surface area (Å²) in [5.41, 5.74) is 5.91. The molecular weight excluding hydrogens is 237 g/mol. The first kappa shape index (κ1) is 14.6. The van der Waals surface area contributed by atoms with Crippen LogP contribution in [-0.2, 0) is 6.42 Å². The van der Waals surface area contributed by atoms with Crippen molar-refractivity contribution in [2.24, 2.45) is 5.73 Å². The number of unbranched alkanes of at least 4 members (excludes halogenated alkanes) is 1. The standard InChI is InChI=1S/C13H20FNO3/c1-16-10-8-11(17-2)13(18-3)9(12(10)14)6-4-5-7-15/h8H,4-7,15H2,1-3H3. The Bertz CT molecular complexity index is 396. The summed E-state index contributed by atoms with van der Waals surface area (Å²) in [5.74, 6) is 0.661. The predicted molar refractivity (Wildman–Crippen MR) is 68.0 cm³/mol. The third-order valence-corrected chi connectivity index (χ3v) is 2.77. The van der Waals surface area contributed by atoms with Crippen molar-refractivity contribution in [1.29, 1.82) is 0 Å². The summed E-state index contributed by atoms with van der Waals surface area (Å²) in [7, 11) is 4.43. The first-order chi connectivity index (χ1) is 8.69. The van der Waals surface area contributed by atoms with Gasteiger partial charge in [0.15, 0.2) is 23.1 Å². The monoisotopic (exact) mass is 257 g/mol. The van der Waals surface area contributed by atoms with Crippen molar-refractivity contribution in [3.63, 3.8) is 0 Å². The average Bonchev–Trinajstić information content (AvgIpc) is 2.40. The Hall–Kier alpha value is -1.49. The van der Waals surface area contributed by atoms with Crippen LogP contribution in [0.4, 0.5) is 4.39 Å². The van der Waals surface area contributed by atoms with Crippen LogP contribution in [0.2, 0.25) is 0 Å². The van der Waals surface area contributed by atoms with Crippen molar-refractivity contribution in [3.05, 3.63) is 17.4 Å². The van der Waals surface area contributed by atoms with Gasteiger partial charge in [-0.05, 0) is 25.8 Å². The van der Waals surface area contributed by atoms with Gasteiger partial charge in [0.25, 0.3) is 0 Å². The van der Waals surface area contributed by atoms with Crippen LogP contribution in [0.1, 0.15) is 18.4 Å². The molecule has 1 aromatic carbocycles. The van der Waals surface area contributed by atoms with Crippen LogP contribution in [0.3, 0.4) is 0 Å². The van der Waals surface area contributed by atoms with E-state index >= 15 is 0 Å². The van der Waals surface area contributed by atoms with E-state index in [1.165, 1.54) is 27.4 Å². The van der Waals surface area contributed by atoms with Gasteiger partial charge in [-0.25, -0.2) is 4.39 Å². The molecule has 0 atom stereocenters. The molecule has 0 spiro atoms. The first-order valence-electron chi connectivity index (χ1n) is 5.87. The van der Waals surface area contributed by atoms with Gasteiger partial charge < -0.3 is 19.9 Å². The van der Waals surface area contributed by atoms with Crippen molar-refractivity contribution >= 4 is 0 Å². The lowest BCUT2D eigenvalue weighted by Gasteiger charge is -2.16. The molecule has 0 unspecified atom stereocenters. The molecule has 4 nitrogen and oxygen atoms in total. The summed E-state index contributed by atoms with van der Waals surface area (Å²) in [5, 5.41) is 0. The maximum Gasteiger partial charge on any atom is 0.172 e. The van der Waals surface area contributed by atoms with Gasteiger partial charge >= 0.3 is 0 Å². The molecule has 102 valence electrons. The van der Waals surface area contributed by atoms with Gasteiger partial charge in [-0.15, -0.1) is 0 Å². The van der Waals surface area contributed by atoms with Crippen molar-refractivity contribution in [1.82, 2.24) is 0 Å². The molecule has 0 heterocycles. The lowest BCUT2D eigenvalue weighted by Crippen LogP contribution is -2.04. The molecule has 0 bridgehead atoms. The smallest absolute Gasteiger partial charge is 0.172 e. The molecule has 1 rings (SSSR count). The molecule has 0 radical (unpaired) electrons. The van der Waals surface area contributed by atoms with E-state index in [-0.39, 0.29) is 5.75 Å². The summed E-state index contributed by atoms with van der Waals surface area (Å²) in [6.07, 6.45) is 2.17. The summed E-state index contributed by atoms with van der Waals surface area (Å²) >= 11 is 0. The van der Waals surface area contributed by atoms with Gasteiger partial charge in [0.05, 0.1) is 21.3 Å². The first-order valence-corrected chi connectivity index (χ1v) is 5.87. The van der Waals surface area contributed by atoms with Crippen molar-refractivity contribution in [2.75, 3.05) is 27.9 Å². The second kappa shape index (κ2) is 7.06. The van der Waals surface area contributed by atoms with Gasteiger partial charge in [0, 0.05) is 11.6 Å². The second-order valence-corrected chi connectivity index (χ2v) is 3.85. The number of rotatable bonds is 7. The minimum atomic E-state index is -0.396.